The van der Waals surface area contributed by atoms with Gasteiger partial charge in [-0.15, -0.1) is 0 Å². The monoisotopic (exact) mass is 225 g/mol. The minimum Gasteiger partial charge on any atom is -0.263 e. The molecular weight excluding hydrogens is 214 g/mol. The van der Waals surface area contributed by atoms with Crippen LogP contribution < -0.4 is 0 Å². The Bertz CT molecular complexity index is 279. The number of halogens is 1. The van der Waals surface area contributed by atoms with Crippen molar-refractivity contribution < 1.29 is 0 Å². The molecular formula is C10H12BrN. The quantitative estimate of drug-likeness (QED) is 0.751. The molecule has 1 rings (SSSR count). The SMILES string of the molecule is CC(C)C=Cc1cncc(Br)c1. The Morgan fingerprint density at radius 3 is 2.75 bits per heavy atom. The highest BCUT2D eigenvalue weighted by Crippen LogP contribution is 2.11. The lowest BCUT2D eigenvalue weighted by atomic mass is 10.1. The molecule has 0 atom stereocenters. The van der Waals surface area contributed by atoms with E-state index in [1.54, 1.807) is 6.20 Å². The smallest absolute Gasteiger partial charge is 0.0410 e. The van der Waals surface area contributed by atoms with Crippen LogP contribution in [0.5, 0.6) is 0 Å². The maximum atomic E-state index is 4.06. The van der Waals surface area contributed by atoms with Crippen LogP contribution in [0.1, 0.15) is 19.4 Å². The van der Waals surface area contributed by atoms with E-state index in [2.05, 4.69) is 46.9 Å². The summed E-state index contributed by atoms with van der Waals surface area (Å²) in [4.78, 5) is 4.06. The van der Waals surface area contributed by atoms with Gasteiger partial charge in [-0.05, 0) is 33.5 Å². The Labute approximate surface area is 81.7 Å². The fraction of sp³-hybridized carbons (Fsp3) is 0.300. The first kappa shape index (κ1) is 9.46. The highest BCUT2D eigenvalue weighted by molar-refractivity contribution is 9.10. The third-order valence-electron chi connectivity index (χ3n) is 1.40. The zero-order valence-electron chi connectivity index (χ0n) is 7.29. The second-order valence-electron chi connectivity index (χ2n) is 3.04. The number of hydrogen-bond acceptors (Lipinski definition) is 1. The van der Waals surface area contributed by atoms with Gasteiger partial charge in [-0.2, -0.15) is 0 Å². The van der Waals surface area contributed by atoms with E-state index in [0.717, 1.165) is 10.0 Å². The predicted molar refractivity (Wildman–Crippen MR) is 55.8 cm³/mol. The third kappa shape index (κ3) is 3.18. The van der Waals surface area contributed by atoms with E-state index in [1.807, 2.05) is 12.3 Å². The van der Waals surface area contributed by atoms with Gasteiger partial charge in [0.15, 0.2) is 0 Å². The summed E-state index contributed by atoms with van der Waals surface area (Å²) in [5, 5.41) is 0. The topological polar surface area (TPSA) is 12.9 Å². The fourth-order valence-electron chi connectivity index (χ4n) is 0.823. The summed E-state index contributed by atoms with van der Waals surface area (Å²) < 4.78 is 1.02. The molecule has 1 aromatic rings. The van der Waals surface area contributed by atoms with E-state index >= 15 is 0 Å². The van der Waals surface area contributed by atoms with Gasteiger partial charge >= 0.3 is 0 Å². The van der Waals surface area contributed by atoms with Crippen LogP contribution in [0.4, 0.5) is 0 Å². The fourth-order valence-corrected chi connectivity index (χ4v) is 1.21. The van der Waals surface area contributed by atoms with Gasteiger partial charge in [0.05, 0.1) is 0 Å². The summed E-state index contributed by atoms with van der Waals surface area (Å²) in [6.07, 6.45) is 7.88. The van der Waals surface area contributed by atoms with Crippen molar-refractivity contribution in [2.45, 2.75) is 13.8 Å². The highest BCUT2D eigenvalue weighted by Gasteiger charge is 1.90. The number of aromatic nitrogens is 1. The summed E-state index contributed by atoms with van der Waals surface area (Å²) in [5.41, 5.74) is 1.14. The summed E-state index contributed by atoms with van der Waals surface area (Å²) >= 11 is 3.37. The van der Waals surface area contributed by atoms with Crippen LogP contribution in [0.2, 0.25) is 0 Å². The molecule has 0 N–H and O–H groups in total. The van der Waals surface area contributed by atoms with E-state index in [9.17, 15) is 0 Å². The molecule has 2 heteroatoms. The van der Waals surface area contributed by atoms with Gasteiger partial charge < -0.3 is 0 Å². The van der Waals surface area contributed by atoms with Crippen molar-refractivity contribution in [1.82, 2.24) is 4.98 Å². The van der Waals surface area contributed by atoms with E-state index in [0.29, 0.717) is 5.92 Å². The minimum absolute atomic E-state index is 0.587. The van der Waals surface area contributed by atoms with Gasteiger partial charge in [0, 0.05) is 16.9 Å². The highest BCUT2D eigenvalue weighted by atomic mass is 79.9. The Morgan fingerprint density at radius 2 is 2.17 bits per heavy atom. The number of hydrogen-bond donors (Lipinski definition) is 0. The Kier molecular flexibility index (Phi) is 3.48. The average molecular weight is 226 g/mol. The van der Waals surface area contributed by atoms with Crippen LogP contribution in [0.25, 0.3) is 6.08 Å². The second-order valence-corrected chi connectivity index (χ2v) is 3.96. The van der Waals surface area contributed by atoms with Crippen molar-refractivity contribution in [2.75, 3.05) is 0 Å². The molecule has 0 amide bonds. The minimum atomic E-state index is 0.587. The van der Waals surface area contributed by atoms with Gasteiger partial charge in [-0.3, -0.25) is 4.98 Å². The maximum Gasteiger partial charge on any atom is 0.0410 e. The van der Waals surface area contributed by atoms with Crippen LogP contribution >= 0.6 is 15.9 Å². The van der Waals surface area contributed by atoms with Crippen molar-refractivity contribution in [1.29, 1.82) is 0 Å². The number of pyridine rings is 1. The zero-order valence-corrected chi connectivity index (χ0v) is 8.88. The van der Waals surface area contributed by atoms with Crippen LogP contribution in [0.3, 0.4) is 0 Å². The largest absolute Gasteiger partial charge is 0.263 e. The predicted octanol–water partition coefficient (Wildman–Crippen LogP) is 3.51. The third-order valence-corrected chi connectivity index (χ3v) is 1.83. The normalized spacial score (nSPS) is 11.3. The lowest BCUT2D eigenvalue weighted by Gasteiger charge is -1.95. The van der Waals surface area contributed by atoms with Crippen LogP contribution in [0, 0.1) is 5.92 Å². The maximum absolute atomic E-state index is 4.06. The summed E-state index contributed by atoms with van der Waals surface area (Å²) in [7, 11) is 0. The van der Waals surface area contributed by atoms with Crippen molar-refractivity contribution >= 4 is 22.0 Å². The van der Waals surface area contributed by atoms with E-state index in [1.165, 1.54) is 0 Å². The molecule has 0 spiro atoms. The van der Waals surface area contributed by atoms with E-state index < -0.39 is 0 Å². The molecule has 1 heterocycles. The van der Waals surface area contributed by atoms with Crippen molar-refractivity contribution in [3.63, 3.8) is 0 Å². The van der Waals surface area contributed by atoms with Gasteiger partial charge in [0.1, 0.15) is 0 Å². The molecule has 0 saturated heterocycles. The molecule has 0 bridgehead atoms. The molecule has 64 valence electrons. The number of nitrogens with zero attached hydrogens (tertiary/aromatic N) is 1. The van der Waals surface area contributed by atoms with Gasteiger partial charge in [0.25, 0.3) is 0 Å². The molecule has 0 aliphatic rings. The molecule has 12 heavy (non-hydrogen) atoms. The van der Waals surface area contributed by atoms with E-state index in [4.69, 9.17) is 0 Å². The summed E-state index contributed by atoms with van der Waals surface area (Å²) in [6, 6.07) is 2.05. The van der Waals surface area contributed by atoms with Crippen molar-refractivity contribution in [2.24, 2.45) is 5.92 Å². The van der Waals surface area contributed by atoms with Crippen molar-refractivity contribution in [3.05, 3.63) is 34.6 Å². The number of rotatable bonds is 2. The van der Waals surface area contributed by atoms with Crippen LogP contribution in [-0.2, 0) is 0 Å². The Balaban J connectivity index is 2.76. The average Bonchev–Trinajstić information content (AvgIpc) is 2.01. The molecule has 0 aliphatic heterocycles. The molecule has 0 saturated carbocycles. The first-order valence-corrected chi connectivity index (χ1v) is 4.76. The van der Waals surface area contributed by atoms with Gasteiger partial charge in [0.2, 0.25) is 0 Å². The Morgan fingerprint density at radius 1 is 1.42 bits per heavy atom. The lowest BCUT2D eigenvalue weighted by Crippen LogP contribution is -1.79. The molecule has 0 radical (unpaired) electrons. The molecule has 0 fully saturated rings. The van der Waals surface area contributed by atoms with Gasteiger partial charge in [-0.25, -0.2) is 0 Å². The summed E-state index contributed by atoms with van der Waals surface area (Å²) in [6.45, 7) is 4.31. The van der Waals surface area contributed by atoms with Gasteiger partial charge in [-0.1, -0.05) is 26.0 Å². The first-order chi connectivity index (χ1) is 5.68. The lowest BCUT2D eigenvalue weighted by molar-refractivity contribution is 0.836. The molecule has 1 aromatic heterocycles. The molecule has 0 aliphatic carbocycles. The van der Waals surface area contributed by atoms with Crippen LogP contribution in [0.15, 0.2) is 29.0 Å². The zero-order chi connectivity index (χ0) is 8.97. The molecule has 0 aromatic carbocycles. The molecule has 1 nitrogen and oxygen atoms in total. The van der Waals surface area contributed by atoms with Crippen molar-refractivity contribution in [3.8, 4) is 0 Å². The molecule has 0 unspecified atom stereocenters. The van der Waals surface area contributed by atoms with Crippen LogP contribution in [-0.4, -0.2) is 4.98 Å². The standard InChI is InChI=1S/C10H12BrN/c1-8(2)3-4-9-5-10(11)7-12-6-9/h3-8H,1-2H3. The number of allylic oxidation sites excluding steroid dienone is 1. The van der Waals surface area contributed by atoms with E-state index in [-0.39, 0.29) is 0 Å². The Hall–Kier alpha value is -0.630. The second kappa shape index (κ2) is 4.41. The summed E-state index contributed by atoms with van der Waals surface area (Å²) in [5.74, 6) is 0.587. The first-order valence-electron chi connectivity index (χ1n) is 3.97.